The zero-order valence-electron chi connectivity index (χ0n) is 13.9. The number of carbonyl (C=O) groups is 2. The lowest BCUT2D eigenvalue weighted by Crippen LogP contribution is -2.46. The molecule has 1 amide bonds. The zero-order valence-corrected chi connectivity index (χ0v) is 13.9. The average molecular weight is 315 g/mol. The van der Waals surface area contributed by atoms with E-state index >= 15 is 0 Å². The lowest BCUT2D eigenvalue weighted by atomic mass is 9.73. The molecule has 124 valence electrons. The molecule has 0 saturated heterocycles. The number of carboxylic acids is 1. The highest BCUT2D eigenvalue weighted by Gasteiger charge is 2.45. The number of carbonyl (C=O) groups excluding carboxylic acids is 1. The third kappa shape index (κ3) is 3.41. The molecule has 0 aromatic heterocycles. The van der Waals surface area contributed by atoms with Gasteiger partial charge in [0.1, 0.15) is 0 Å². The minimum absolute atomic E-state index is 0.0408. The van der Waals surface area contributed by atoms with Crippen LogP contribution in [-0.4, -0.2) is 27.9 Å². The Bertz CT molecular complexity index is 589. The summed E-state index contributed by atoms with van der Waals surface area (Å²) in [5, 5.41) is 9.19. The summed E-state index contributed by atoms with van der Waals surface area (Å²) in [6.07, 6.45) is 3.43. The summed E-state index contributed by atoms with van der Waals surface area (Å²) < 4.78 is 0. The predicted molar refractivity (Wildman–Crippen MR) is 88.0 cm³/mol. The second kappa shape index (κ2) is 6.34. The van der Waals surface area contributed by atoms with Crippen LogP contribution in [0.2, 0.25) is 0 Å². The first-order valence-corrected chi connectivity index (χ1v) is 8.59. The van der Waals surface area contributed by atoms with Crippen LogP contribution in [0.3, 0.4) is 0 Å². The lowest BCUT2D eigenvalue weighted by molar-refractivity contribution is -0.157. The lowest BCUT2D eigenvalue weighted by Gasteiger charge is -2.36. The van der Waals surface area contributed by atoms with Gasteiger partial charge in [-0.25, -0.2) is 0 Å². The van der Waals surface area contributed by atoms with Gasteiger partial charge in [-0.3, -0.25) is 9.59 Å². The monoisotopic (exact) mass is 315 g/mol. The van der Waals surface area contributed by atoms with E-state index in [2.05, 4.69) is 38.1 Å². The third-order valence-corrected chi connectivity index (χ3v) is 5.18. The van der Waals surface area contributed by atoms with Crippen LogP contribution >= 0.6 is 0 Å². The van der Waals surface area contributed by atoms with Gasteiger partial charge in [-0.05, 0) is 42.7 Å². The molecule has 4 heteroatoms. The number of rotatable bonds is 6. The summed E-state index contributed by atoms with van der Waals surface area (Å²) >= 11 is 0. The molecule has 3 rings (SSSR count). The van der Waals surface area contributed by atoms with Gasteiger partial charge in [0.15, 0.2) is 0 Å². The van der Waals surface area contributed by atoms with E-state index in [4.69, 9.17) is 0 Å². The number of hydrogen-bond acceptors (Lipinski definition) is 2. The highest BCUT2D eigenvalue weighted by atomic mass is 16.4. The fourth-order valence-corrected chi connectivity index (χ4v) is 3.28. The Kier molecular flexibility index (Phi) is 4.42. The van der Waals surface area contributed by atoms with Crippen molar-refractivity contribution in [3.8, 4) is 0 Å². The highest BCUT2D eigenvalue weighted by molar-refractivity contribution is 5.86. The molecular formula is C19H25NO3. The quantitative estimate of drug-likeness (QED) is 0.875. The van der Waals surface area contributed by atoms with Crippen LogP contribution in [0.15, 0.2) is 24.3 Å². The van der Waals surface area contributed by atoms with Crippen LogP contribution in [0, 0.1) is 11.8 Å². The average Bonchev–Trinajstić information content (AvgIpc) is 3.27. The van der Waals surface area contributed by atoms with E-state index in [9.17, 15) is 14.7 Å². The second-order valence-electron chi connectivity index (χ2n) is 7.22. The topological polar surface area (TPSA) is 57.6 Å². The molecule has 2 unspecified atom stereocenters. The number of hydrogen-bond donors (Lipinski definition) is 1. The molecule has 1 aromatic carbocycles. The molecule has 2 fully saturated rings. The molecule has 2 aliphatic rings. The smallest absolute Gasteiger partial charge is 0.307 e. The van der Waals surface area contributed by atoms with Crippen molar-refractivity contribution < 1.29 is 14.7 Å². The van der Waals surface area contributed by atoms with E-state index in [0.29, 0.717) is 31.3 Å². The first kappa shape index (κ1) is 16.0. The van der Waals surface area contributed by atoms with Crippen molar-refractivity contribution in [2.24, 2.45) is 11.8 Å². The molecule has 0 bridgehead atoms. The van der Waals surface area contributed by atoms with Gasteiger partial charge in [-0.15, -0.1) is 0 Å². The van der Waals surface area contributed by atoms with Crippen LogP contribution < -0.4 is 0 Å². The van der Waals surface area contributed by atoms with Crippen molar-refractivity contribution in [1.29, 1.82) is 0 Å². The Morgan fingerprint density at radius 3 is 2.13 bits per heavy atom. The molecule has 23 heavy (non-hydrogen) atoms. The Labute approximate surface area is 137 Å². The normalized spacial score (nSPS) is 23.4. The molecule has 0 spiro atoms. The third-order valence-electron chi connectivity index (χ3n) is 5.18. The molecule has 0 aliphatic heterocycles. The van der Waals surface area contributed by atoms with Crippen molar-refractivity contribution in [3.05, 3.63) is 35.4 Å². The summed E-state index contributed by atoms with van der Waals surface area (Å²) in [5.41, 5.74) is 2.42. The van der Waals surface area contributed by atoms with E-state index in [1.54, 1.807) is 0 Å². The first-order valence-electron chi connectivity index (χ1n) is 8.59. The van der Waals surface area contributed by atoms with Crippen molar-refractivity contribution in [3.63, 3.8) is 0 Å². The molecule has 1 aromatic rings. The molecule has 2 atom stereocenters. The van der Waals surface area contributed by atoms with Gasteiger partial charge in [-0.2, -0.15) is 0 Å². The fraction of sp³-hybridized carbons (Fsp3) is 0.579. The van der Waals surface area contributed by atoms with Crippen LogP contribution in [0.5, 0.6) is 0 Å². The summed E-state index contributed by atoms with van der Waals surface area (Å²) in [7, 11) is 0. The van der Waals surface area contributed by atoms with E-state index in [1.165, 1.54) is 5.56 Å². The van der Waals surface area contributed by atoms with Gasteiger partial charge < -0.3 is 10.0 Å². The van der Waals surface area contributed by atoms with Crippen LogP contribution in [0.1, 0.15) is 56.6 Å². The fourth-order valence-electron chi connectivity index (χ4n) is 3.28. The van der Waals surface area contributed by atoms with Gasteiger partial charge >= 0.3 is 5.97 Å². The van der Waals surface area contributed by atoms with E-state index in [1.807, 2.05) is 4.90 Å². The predicted octanol–water partition coefficient (Wildman–Crippen LogP) is 3.41. The number of nitrogens with zero attached hydrogens (tertiary/aromatic N) is 1. The standard InChI is InChI=1S/C19H25NO3/c1-12(2)14-5-3-13(4-6-14)11-20(15-7-8-15)18(21)16-9-10-17(16)19(22)23/h3-6,12,15-17H,7-11H2,1-2H3,(H,22,23). The van der Waals surface area contributed by atoms with E-state index < -0.39 is 11.9 Å². The summed E-state index contributed by atoms with van der Waals surface area (Å²) in [6, 6.07) is 8.74. The molecule has 0 heterocycles. The van der Waals surface area contributed by atoms with Gasteiger partial charge in [0, 0.05) is 12.6 Å². The molecule has 1 N–H and O–H groups in total. The number of benzene rings is 1. The van der Waals surface area contributed by atoms with E-state index in [0.717, 1.165) is 18.4 Å². The van der Waals surface area contributed by atoms with Crippen LogP contribution in [-0.2, 0) is 16.1 Å². The van der Waals surface area contributed by atoms with Gasteiger partial charge in [-0.1, -0.05) is 38.1 Å². The van der Waals surface area contributed by atoms with Gasteiger partial charge in [0.05, 0.1) is 11.8 Å². The van der Waals surface area contributed by atoms with Crippen molar-refractivity contribution in [1.82, 2.24) is 4.90 Å². The molecule has 2 saturated carbocycles. The zero-order chi connectivity index (χ0) is 16.6. The second-order valence-corrected chi connectivity index (χ2v) is 7.22. The molecule has 4 nitrogen and oxygen atoms in total. The summed E-state index contributed by atoms with van der Waals surface area (Å²) in [5.74, 6) is -1.09. The minimum atomic E-state index is -0.827. The number of amides is 1. The maximum atomic E-state index is 12.8. The Hall–Kier alpha value is -1.84. The minimum Gasteiger partial charge on any atom is -0.481 e. The highest BCUT2D eigenvalue weighted by Crippen LogP contribution is 2.39. The first-order chi connectivity index (χ1) is 11.0. The van der Waals surface area contributed by atoms with Crippen LogP contribution in [0.4, 0.5) is 0 Å². The maximum absolute atomic E-state index is 12.8. The van der Waals surface area contributed by atoms with Crippen molar-refractivity contribution in [2.45, 2.75) is 58.0 Å². The number of aliphatic carboxylic acids is 1. The van der Waals surface area contributed by atoms with Crippen molar-refractivity contribution >= 4 is 11.9 Å². The van der Waals surface area contributed by atoms with E-state index in [-0.39, 0.29) is 11.8 Å². The SMILES string of the molecule is CC(C)c1ccc(CN(C(=O)C2CCC2C(=O)O)C2CC2)cc1. The molecule has 0 radical (unpaired) electrons. The molecular weight excluding hydrogens is 290 g/mol. The Morgan fingerprint density at radius 1 is 1.09 bits per heavy atom. The van der Waals surface area contributed by atoms with Crippen molar-refractivity contribution in [2.75, 3.05) is 0 Å². The van der Waals surface area contributed by atoms with Gasteiger partial charge in [0.25, 0.3) is 0 Å². The van der Waals surface area contributed by atoms with Crippen LogP contribution in [0.25, 0.3) is 0 Å². The maximum Gasteiger partial charge on any atom is 0.307 e. The summed E-state index contributed by atoms with van der Waals surface area (Å²) in [6.45, 7) is 4.93. The number of carboxylic acid groups (broad SMARTS) is 1. The Morgan fingerprint density at radius 2 is 1.70 bits per heavy atom. The largest absolute Gasteiger partial charge is 0.481 e. The summed E-state index contributed by atoms with van der Waals surface area (Å²) in [4.78, 5) is 25.9. The Balaban J connectivity index is 1.69. The van der Waals surface area contributed by atoms with Gasteiger partial charge in [0.2, 0.25) is 5.91 Å². The molecule has 2 aliphatic carbocycles.